The van der Waals surface area contributed by atoms with E-state index in [1.165, 1.54) is 0 Å². The lowest BCUT2D eigenvalue weighted by atomic mass is 9.77. The van der Waals surface area contributed by atoms with Crippen LogP contribution in [0.3, 0.4) is 0 Å². The third-order valence-electron chi connectivity index (χ3n) is 10.9. The minimum absolute atomic E-state index is 0.144. The van der Waals surface area contributed by atoms with E-state index < -0.39 is 23.9 Å². The van der Waals surface area contributed by atoms with Crippen molar-refractivity contribution in [3.63, 3.8) is 0 Å². The van der Waals surface area contributed by atoms with Gasteiger partial charge < -0.3 is 24.8 Å². The van der Waals surface area contributed by atoms with Crippen LogP contribution in [0, 0.1) is 0 Å². The number of furan rings is 1. The second-order valence-corrected chi connectivity index (χ2v) is 13.7. The normalized spacial score (nSPS) is 11.9. The molecule has 10 rings (SSSR count). The molecule has 0 bridgehead atoms. The number of rotatable bonds is 4. The molecule has 4 N–H and O–H groups in total. The van der Waals surface area contributed by atoms with Crippen LogP contribution in [0.4, 0.5) is 0 Å². The molecule has 53 heavy (non-hydrogen) atoms. The van der Waals surface area contributed by atoms with Gasteiger partial charge in [0, 0.05) is 21.7 Å². The molecule has 6 heteroatoms. The highest BCUT2D eigenvalue weighted by atomic mass is 16.3. The Balaban J connectivity index is 1.37. The summed E-state index contributed by atoms with van der Waals surface area (Å²) in [6.07, 6.45) is 0. The van der Waals surface area contributed by atoms with E-state index in [4.69, 9.17) is 4.42 Å². The molecule has 1 aromatic heterocycles. The van der Waals surface area contributed by atoms with Crippen molar-refractivity contribution in [3.8, 4) is 50.6 Å². The number of phenolic OH excluding ortho intramolecular Hbond substituents is 2. The van der Waals surface area contributed by atoms with E-state index in [9.17, 15) is 20.4 Å². The first kappa shape index (κ1) is 31.0. The van der Waals surface area contributed by atoms with E-state index in [1.807, 2.05) is 54.6 Å². The highest BCUT2D eigenvalue weighted by Gasteiger charge is 2.26. The fraction of sp³-hybridized carbons (Fsp3) is 0.0213. The Bertz CT molecular complexity index is 3100. The summed E-state index contributed by atoms with van der Waals surface area (Å²) in [6.45, 7) is -0.541. The smallest absolute Gasteiger partial charge is 0.200 e. The zero-order valence-electron chi connectivity index (χ0n) is 28.7. The predicted molar refractivity (Wildman–Crippen MR) is 219 cm³/mol. The Morgan fingerprint density at radius 2 is 0.981 bits per heavy atom. The largest absolute Gasteiger partial charge is 0.505 e. The molecule has 9 aromatic carbocycles. The molecule has 0 aliphatic rings. The summed E-state index contributed by atoms with van der Waals surface area (Å²) in [7, 11) is 1.69. The van der Waals surface area contributed by atoms with E-state index in [1.54, 1.807) is 7.85 Å². The first-order valence-electron chi connectivity index (χ1n) is 17.6. The van der Waals surface area contributed by atoms with Crippen LogP contribution in [0.15, 0.2) is 144 Å². The summed E-state index contributed by atoms with van der Waals surface area (Å²) in [5, 5.41) is 53.7. The standard InChI is InChI=1S/C47H31BO5/c48-43-42(37(24-49)44(50)46(52)45(43)51)36-23-27-12-2-1-11-26(27)22-35(36)40-31-16-7-5-14-29(31)39(30-15-6-8-17-32(30)40)33-18-9-19-38-41(33)34-21-20-25-10-3-4-13-28(25)47(34)53-38/h1-23,49-52H,24,48H2. The van der Waals surface area contributed by atoms with Gasteiger partial charge >= 0.3 is 0 Å². The number of phenols is 3. The quantitative estimate of drug-likeness (QED) is 0.0840. The van der Waals surface area contributed by atoms with Crippen molar-refractivity contribution in [2.24, 2.45) is 0 Å². The number of fused-ring (bicyclic) bond motifs is 8. The average Bonchev–Trinajstić information content (AvgIpc) is 3.60. The summed E-state index contributed by atoms with van der Waals surface area (Å²) in [6, 6.07) is 48.0. The van der Waals surface area contributed by atoms with Gasteiger partial charge in [-0.3, -0.25) is 0 Å². The second kappa shape index (κ2) is 11.6. The van der Waals surface area contributed by atoms with Crippen molar-refractivity contribution in [1.29, 1.82) is 0 Å². The van der Waals surface area contributed by atoms with Crippen molar-refractivity contribution in [2.75, 3.05) is 0 Å². The fourth-order valence-electron chi connectivity index (χ4n) is 8.54. The molecule has 0 aliphatic carbocycles. The van der Waals surface area contributed by atoms with E-state index >= 15 is 0 Å². The number of benzene rings is 9. The summed E-state index contributed by atoms with van der Waals surface area (Å²) in [5.41, 5.74) is 7.39. The zero-order valence-corrected chi connectivity index (χ0v) is 28.7. The maximum atomic E-state index is 11.1. The van der Waals surface area contributed by atoms with Gasteiger partial charge in [0.1, 0.15) is 19.0 Å². The molecule has 0 spiro atoms. The minimum atomic E-state index is -0.646. The van der Waals surface area contributed by atoms with Gasteiger partial charge in [0.05, 0.1) is 6.61 Å². The molecule has 0 aliphatic heterocycles. The highest BCUT2D eigenvalue weighted by molar-refractivity contribution is 6.39. The third-order valence-corrected chi connectivity index (χ3v) is 10.9. The molecule has 0 atom stereocenters. The predicted octanol–water partition coefficient (Wildman–Crippen LogP) is 10.1. The molecule has 1 heterocycles. The molecular formula is C47H31BO5. The van der Waals surface area contributed by atoms with Crippen LogP contribution in [0.25, 0.3) is 98.4 Å². The first-order chi connectivity index (χ1) is 25.9. The van der Waals surface area contributed by atoms with Gasteiger partial charge in [-0.05, 0) is 101 Å². The lowest BCUT2D eigenvalue weighted by Crippen LogP contribution is -2.12. The monoisotopic (exact) mass is 686 g/mol. The van der Waals surface area contributed by atoms with Crippen LogP contribution in [0.5, 0.6) is 17.2 Å². The van der Waals surface area contributed by atoms with E-state index in [2.05, 4.69) is 84.9 Å². The summed E-state index contributed by atoms with van der Waals surface area (Å²) in [5.74, 6) is -1.61. The fourth-order valence-corrected chi connectivity index (χ4v) is 8.54. The molecule has 0 saturated heterocycles. The van der Waals surface area contributed by atoms with Gasteiger partial charge in [0.2, 0.25) is 0 Å². The van der Waals surface area contributed by atoms with Crippen LogP contribution >= 0.6 is 0 Å². The molecule has 0 radical (unpaired) electrons. The second-order valence-electron chi connectivity index (χ2n) is 13.7. The third kappa shape index (κ3) is 4.43. The van der Waals surface area contributed by atoms with Crippen LogP contribution in [0.2, 0.25) is 0 Å². The molecule has 252 valence electrons. The molecule has 10 aromatic rings. The van der Waals surface area contributed by atoms with Crippen molar-refractivity contribution < 1.29 is 24.8 Å². The number of hydrogen-bond donors (Lipinski definition) is 4. The van der Waals surface area contributed by atoms with Crippen LogP contribution in [0.1, 0.15) is 5.56 Å². The van der Waals surface area contributed by atoms with Crippen LogP contribution < -0.4 is 5.46 Å². The van der Waals surface area contributed by atoms with Gasteiger partial charge in [-0.25, -0.2) is 0 Å². The van der Waals surface area contributed by atoms with Gasteiger partial charge in [-0.15, -0.1) is 0 Å². The van der Waals surface area contributed by atoms with Gasteiger partial charge in [-0.2, -0.15) is 0 Å². The SMILES string of the molecule is Bc1c(O)c(O)c(O)c(CO)c1-c1cc2ccccc2cc1-c1c2ccccc2c(-c2cccc3oc4c5ccccc5ccc4c23)c2ccccc12. The summed E-state index contributed by atoms with van der Waals surface area (Å²) < 4.78 is 6.63. The Morgan fingerprint density at radius 3 is 1.58 bits per heavy atom. The van der Waals surface area contributed by atoms with Crippen molar-refractivity contribution in [2.45, 2.75) is 6.61 Å². The maximum Gasteiger partial charge on any atom is 0.200 e. The van der Waals surface area contributed by atoms with Crippen LogP contribution in [-0.4, -0.2) is 28.3 Å². The van der Waals surface area contributed by atoms with E-state index in [-0.39, 0.29) is 5.56 Å². The molecular weight excluding hydrogens is 655 g/mol. The summed E-state index contributed by atoms with van der Waals surface area (Å²) in [4.78, 5) is 0. The lowest BCUT2D eigenvalue weighted by molar-refractivity contribution is 0.272. The molecule has 0 fully saturated rings. The summed E-state index contributed by atoms with van der Waals surface area (Å²) >= 11 is 0. The topological polar surface area (TPSA) is 94.1 Å². The van der Waals surface area contributed by atoms with Crippen molar-refractivity contribution in [3.05, 3.63) is 145 Å². The lowest BCUT2D eigenvalue weighted by Gasteiger charge is -2.23. The van der Waals surface area contributed by atoms with Crippen molar-refractivity contribution in [1.82, 2.24) is 0 Å². The molecule has 0 amide bonds. The van der Waals surface area contributed by atoms with Crippen molar-refractivity contribution >= 4 is 78.3 Å². The number of aliphatic hydroxyl groups is 1. The van der Waals surface area contributed by atoms with E-state index in [0.29, 0.717) is 16.6 Å². The molecule has 5 nitrogen and oxygen atoms in total. The average molecular weight is 687 g/mol. The molecule has 0 unspecified atom stereocenters. The molecule has 0 saturated carbocycles. The van der Waals surface area contributed by atoms with Gasteiger partial charge in [0.25, 0.3) is 0 Å². The Morgan fingerprint density at radius 1 is 0.453 bits per heavy atom. The highest BCUT2D eigenvalue weighted by Crippen LogP contribution is 2.51. The van der Waals surface area contributed by atoms with Gasteiger partial charge in [-0.1, -0.05) is 115 Å². The first-order valence-corrected chi connectivity index (χ1v) is 17.6. The Kier molecular flexibility index (Phi) is 6.81. The van der Waals surface area contributed by atoms with Crippen LogP contribution in [-0.2, 0) is 6.61 Å². The zero-order chi connectivity index (χ0) is 36.0. The maximum absolute atomic E-state index is 11.1. The minimum Gasteiger partial charge on any atom is -0.505 e. The number of aromatic hydroxyl groups is 3. The Labute approximate surface area is 304 Å². The number of aliphatic hydroxyl groups excluding tert-OH is 1. The number of hydrogen-bond acceptors (Lipinski definition) is 5. The van der Waals surface area contributed by atoms with Gasteiger partial charge in [0.15, 0.2) is 17.2 Å². The Hall–Kier alpha value is -6.76. The van der Waals surface area contributed by atoms with E-state index in [0.717, 1.165) is 87.3 Å².